The highest BCUT2D eigenvalue weighted by atomic mass is 15.2. The highest BCUT2D eigenvalue weighted by molar-refractivity contribution is 5.48. The highest BCUT2D eigenvalue weighted by Gasteiger charge is 2.14. The molecule has 0 aliphatic carbocycles. The molecule has 0 aromatic heterocycles. The Hall–Kier alpha value is -1.02. The summed E-state index contributed by atoms with van der Waals surface area (Å²) in [6, 6.07) is 9.13. The molecule has 0 aliphatic rings. The van der Waals surface area contributed by atoms with Gasteiger partial charge in [0.15, 0.2) is 0 Å². The zero-order valence-electron chi connectivity index (χ0n) is 12.0. The molecule has 0 fully saturated rings. The van der Waals surface area contributed by atoms with Crippen LogP contribution in [-0.2, 0) is 0 Å². The van der Waals surface area contributed by atoms with Gasteiger partial charge in [-0.2, -0.15) is 0 Å². The Bertz CT molecular complexity index is 352. The zero-order valence-corrected chi connectivity index (χ0v) is 12.0. The molecule has 1 N–H and O–H groups in total. The molecule has 1 aromatic carbocycles. The molecule has 1 rings (SSSR count). The second-order valence-corrected chi connectivity index (χ2v) is 5.93. The van der Waals surface area contributed by atoms with E-state index in [0.717, 1.165) is 6.54 Å². The summed E-state index contributed by atoms with van der Waals surface area (Å²) in [5, 5.41) is 3.55. The van der Waals surface area contributed by atoms with E-state index < -0.39 is 0 Å². The van der Waals surface area contributed by atoms with Gasteiger partial charge in [0.2, 0.25) is 0 Å². The lowest BCUT2D eigenvalue weighted by Crippen LogP contribution is -2.45. The molecular formula is C15H26N2. The lowest BCUT2D eigenvalue weighted by molar-refractivity contribution is 0.408. The summed E-state index contributed by atoms with van der Waals surface area (Å²) < 4.78 is 0. The maximum absolute atomic E-state index is 3.55. The van der Waals surface area contributed by atoms with Crippen LogP contribution in [0.2, 0.25) is 0 Å². The van der Waals surface area contributed by atoms with Gasteiger partial charge >= 0.3 is 0 Å². The molecule has 0 saturated carbocycles. The number of likely N-dealkylation sites (N-methyl/N-ethyl adjacent to an activating group) is 1. The number of rotatable bonds is 4. The van der Waals surface area contributed by atoms with Crippen molar-refractivity contribution in [2.75, 3.05) is 18.5 Å². The SMILES string of the molecule is Cc1cccc(N(C)C(C)CNC(C)(C)C)c1. The van der Waals surface area contributed by atoms with Crippen molar-refractivity contribution in [1.29, 1.82) is 0 Å². The van der Waals surface area contributed by atoms with Crippen LogP contribution in [0.4, 0.5) is 5.69 Å². The first-order valence-electron chi connectivity index (χ1n) is 6.34. The van der Waals surface area contributed by atoms with E-state index in [1.54, 1.807) is 0 Å². The monoisotopic (exact) mass is 234 g/mol. The van der Waals surface area contributed by atoms with E-state index in [1.807, 2.05) is 0 Å². The summed E-state index contributed by atoms with van der Waals surface area (Å²) in [5.74, 6) is 0. The van der Waals surface area contributed by atoms with Gasteiger partial charge in [-0.25, -0.2) is 0 Å². The Morgan fingerprint density at radius 1 is 1.29 bits per heavy atom. The van der Waals surface area contributed by atoms with Gasteiger partial charge in [-0.15, -0.1) is 0 Å². The van der Waals surface area contributed by atoms with Crippen molar-refractivity contribution in [3.05, 3.63) is 29.8 Å². The normalized spacial score (nSPS) is 13.5. The molecular weight excluding hydrogens is 208 g/mol. The molecule has 0 bridgehead atoms. The van der Waals surface area contributed by atoms with Gasteiger partial charge in [0.05, 0.1) is 0 Å². The first kappa shape index (κ1) is 14.0. The minimum atomic E-state index is 0.182. The fourth-order valence-electron chi connectivity index (χ4n) is 1.69. The summed E-state index contributed by atoms with van der Waals surface area (Å²) in [4.78, 5) is 2.33. The molecule has 17 heavy (non-hydrogen) atoms. The Morgan fingerprint density at radius 2 is 1.94 bits per heavy atom. The Balaban J connectivity index is 2.60. The molecule has 0 saturated heterocycles. The van der Waals surface area contributed by atoms with Crippen LogP contribution >= 0.6 is 0 Å². The standard InChI is InChI=1S/C15H26N2/c1-12-8-7-9-14(10-12)17(6)13(2)11-16-15(3,4)5/h7-10,13,16H,11H2,1-6H3. The van der Waals surface area contributed by atoms with E-state index >= 15 is 0 Å². The second kappa shape index (κ2) is 5.54. The number of hydrogen-bond acceptors (Lipinski definition) is 2. The maximum atomic E-state index is 3.55. The van der Waals surface area contributed by atoms with Crippen LogP contribution in [0.1, 0.15) is 33.3 Å². The molecule has 1 atom stereocenters. The van der Waals surface area contributed by atoms with Crippen LogP contribution in [0.3, 0.4) is 0 Å². The Kier molecular flexibility index (Phi) is 4.58. The summed E-state index contributed by atoms with van der Waals surface area (Å²) in [6.45, 7) is 12.0. The van der Waals surface area contributed by atoms with Gasteiger partial charge in [-0.1, -0.05) is 12.1 Å². The largest absolute Gasteiger partial charge is 0.371 e. The molecule has 0 spiro atoms. The predicted octanol–water partition coefficient (Wildman–Crippen LogP) is 3.21. The average molecular weight is 234 g/mol. The van der Waals surface area contributed by atoms with Crippen molar-refractivity contribution in [1.82, 2.24) is 5.32 Å². The Labute approximate surface area is 106 Å². The first-order valence-corrected chi connectivity index (χ1v) is 6.34. The highest BCUT2D eigenvalue weighted by Crippen LogP contribution is 2.16. The fourth-order valence-corrected chi connectivity index (χ4v) is 1.69. The molecule has 0 radical (unpaired) electrons. The molecule has 2 heteroatoms. The number of hydrogen-bond donors (Lipinski definition) is 1. The smallest absolute Gasteiger partial charge is 0.0383 e. The van der Waals surface area contributed by atoms with Crippen molar-refractivity contribution in [3.63, 3.8) is 0 Å². The van der Waals surface area contributed by atoms with Gasteiger partial charge in [-0.3, -0.25) is 0 Å². The molecule has 2 nitrogen and oxygen atoms in total. The van der Waals surface area contributed by atoms with E-state index in [4.69, 9.17) is 0 Å². The summed E-state index contributed by atoms with van der Waals surface area (Å²) in [5.41, 5.74) is 2.78. The van der Waals surface area contributed by atoms with Crippen molar-refractivity contribution in [3.8, 4) is 0 Å². The lowest BCUT2D eigenvalue weighted by Gasteiger charge is -2.31. The third kappa shape index (κ3) is 4.78. The fraction of sp³-hybridized carbons (Fsp3) is 0.600. The van der Waals surface area contributed by atoms with Gasteiger partial charge < -0.3 is 10.2 Å². The van der Waals surface area contributed by atoms with Crippen LogP contribution in [-0.4, -0.2) is 25.2 Å². The molecule has 1 aromatic rings. The van der Waals surface area contributed by atoms with Gasteiger partial charge in [-0.05, 0) is 52.3 Å². The molecule has 1 unspecified atom stereocenters. The number of anilines is 1. The minimum Gasteiger partial charge on any atom is -0.371 e. The van der Waals surface area contributed by atoms with E-state index in [0.29, 0.717) is 6.04 Å². The van der Waals surface area contributed by atoms with E-state index in [-0.39, 0.29) is 5.54 Å². The topological polar surface area (TPSA) is 15.3 Å². The number of nitrogens with zero attached hydrogens (tertiary/aromatic N) is 1. The number of nitrogens with one attached hydrogen (secondary N) is 1. The summed E-state index contributed by atoms with van der Waals surface area (Å²) in [7, 11) is 2.16. The second-order valence-electron chi connectivity index (χ2n) is 5.93. The van der Waals surface area contributed by atoms with Crippen molar-refractivity contribution < 1.29 is 0 Å². The summed E-state index contributed by atoms with van der Waals surface area (Å²) >= 11 is 0. The van der Waals surface area contributed by atoms with E-state index in [9.17, 15) is 0 Å². The minimum absolute atomic E-state index is 0.182. The first-order chi connectivity index (χ1) is 7.79. The molecule has 0 amide bonds. The van der Waals surface area contributed by atoms with Crippen molar-refractivity contribution >= 4 is 5.69 Å². The van der Waals surface area contributed by atoms with Crippen molar-refractivity contribution in [2.24, 2.45) is 0 Å². The lowest BCUT2D eigenvalue weighted by atomic mass is 10.1. The Morgan fingerprint density at radius 3 is 2.47 bits per heavy atom. The third-order valence-electron chi connectivity index (χ3n) is 3.00. The van der Waals surface area contributed by atoms with E-state index in [2.05, 4.69) is 76.1 Å². The predicted molar refractivity (Wildman–Crippen MR) is 76.8 cm³/mol. The maximum Gasteiger partial charge on any atom is 0.0383 e. The van der Waals surface area contributed by atoms with Crippen LogP contribution in [0, 0.1) is 6.92 Å². The van der Waals surface area contributed by atoms with Gasteiger partial charge in [0.25, 0.3) is 0 Å². The third-order valence-corrected chi connectivity index (χ3v) is 3.00. The van der Waals surface area contributed by atoms with Crippen molar-refractivity contribution in [2.45, 2.75) is 46.2 Å². The number of benzene rings is 1. The van der Waals surface area contributed by atoms with Crippen LogP contribution in [0.5, 0.6) is 0 Å². The quantitative estimate of drug-likeness (QED) is 0.860. The number of aryl methyl sites for hydroxylation is 1. The molecule has 0 heterocycles. The van der Waals surface area contributed by atoms with Crippen LogP contribution in [0.25, 0.3) is 0 Å². The zero-order chi connectivity index (χ0) is 13.1. The van der Waals surface area contributed by atoms with E-state index in [1.165, 1.54) is 11.3 Å². The van der Waals surface area contributed by atoms with Crippen LogP contribution in [0.15, 0.2) is 24.3 Å². The van der Waals surface area contributed by atoms with Gasteiger partial charge in [0.1, 0.15) is 0 Å². The summed E-state index contributed by atoms with van der Waals surface area (Å²) in [6.07, 6.45) is 0. The average Bonchev–Trinajstić information content (AvgIpc) is 2.24. The van der Waals surface area contributed by atoms with Crippen LogP contribution < -0.4 is 10.2 Å². The van der Waals surface area contributed by atoms with Gasteiger partial charge in [0, 0.05) is 30.9 Å². The molecule has 0 aliphatic heterocycles. The molecule has 96 valence electrons.